The number of amides is 2. The maximum absolute atomic E-state index is 13.0. The number of carbonyl (C=O) groups excluding carboxylic acids is 1. The Hall–Kier alpha value is -1.77. The van der Waals surface area contributed by atoms with Crippen LogP contribution in [-0.4, -0.2) is 42.1 Å². The highest BCUT2D eigenvalue weighted by Crippen LogP contribution is 2.41. The van der Waals surface area contributed by atoms with E-state index in [1.807, 2.05) is 13.0 Å². The highest BCUT2D eigenvalue weighted by Gasteiger charge is 2.36. The zero-order chi connectivity index (χ0) is 20.5. The molecule has 0 unspecified atom stereocenters. The molecule has 1 aromatic rings. The Morgan fingerprint density at radius 1 is 1.25 bits per heavy atom. The molecule has 4 N–H and O–H groups in total. The van der Waals surface area contributed by atoms with Crippen LogP contribution in [0.3, 0.4) is 0 Å². The van der Waals surface area contributed by atoms with Gasteiger partial charge in [0, 0.05) is 0 Å². The maximum atomic E-state index is 13.0. The van der Waals surface area contributed by atoms with E-state index in [2.05, 4.69) is 10.6 Å². The number of benzene rings is 1. The smallest absolute Gasteiger partial charge is 0.319 e. The van der Waals surface area contributed by atoms with E-state index in [9.17, 15) is 23.4 Å². The number of halogens is 1. The molecule has 3 rings (SSSR count). The Labute approximate surface area is 169 Å². The highest BCUT2D eigenvalue weighted by molar-refractivity contribution is 7.92. The van der Waals surface area contributed by atoms with Crippen LogP contribution in [0.25, 0.3) is 0 Å². The van der Waals surface area contributed by atoms with Crippen LogP contribution >= 0.6 is 11.6 Å². The van der Waals surface area contributed by atoms with Crippen LogP contribution in [0.5, 0.6) is 5.75 Å². The topological polar surface area (TPSA) is 116 Å². The summed E-state index contributed by atoms with van der Waals surface area (Å²) in [7, 11) is -3.97. The number of urea groups is 1. The van der Waals surface area contributed by atoms with E-state index in [1.54, 1.807) is 0 Å². The van der Waals surface area contributed by atoms with Gasteiger partial charge in [-0.05, 0) is 57.6 Å². The molecular formula is C19H25ClN2O5S. The lowest BCUT2D eigenvalue weighted by atomic mass is 9.97. The lowest BCUT2D eigenvalue weighted by molar-refractivity contribution is 0.131. The van der Waals surface area contributed by atoms with Crippen LogP contribution in [0.4, 0.5) is 10.5 Å². The molecule has 1 fully saturated rings. The first-order chi connectivity index (χ1) is 13.2. The molecule has 2 amide bonds. The van der Waals surface area contributed by atoms with Crippen molar-refractivity contribution < 1.29 is 23.4 Å². The third kappa shape index (κ3) is 4.29. The average Bonchev–Trinajstić information content (AvgIpc) is 3.02. The van der Waals surface area contributed by atoms with Crippen molar-refractivity contribution in [3.05, 3.63) is 28.8 Å². The number of nitrogens with one attached hydrogen (secondary N) is 2. The lowest BCUT2D eigenvalue weighted by Crippen LogP contribution is -2.37. The first-order valence-corrected chi connectivity index (χ1v) is 11.3. The Balaban J connectivity index is 1.83. The zero-order valence-electron chi connectivity index (χ0n) is 15.6. The van der Waals surface area contributed by atoms with Crippen molar-refractivity contribution >= 4 is 33.2 Å². The van der Waals surface area contributed by atoms with Gasteiger partial charge in [-0.3, -0.25) is 0 Å². The molecule has 0 aliphatic heterocycles. The summed E-state index contributed by atoms with van der Waals surface area (Å²) in [5.41, 5.74) is 1.03. The fraction of sp³-hybridized carbons (Fsp3) is 0.526. The molecule has 154 valence electrons. The number of carbonyl (C=O) groups is 1. The van der Waals surface area contributed by atoms with Gasteiger partial charge in [-0.25, -0.2) is 13.2 Å². The van der Waals surface area contributed by atoms with E-state index in [0.717, 1.165) is 18.4 Å². The normalized spacial score (nSPS) is 25.2. The van der Waals surface area contributed by atoms with E-state index in [4.69, 9.17) is 11.6 Å². The molecule has 0 spiro atoms. The first-order valence-electron chi connectivity index (χ1n) is 9.37. The number of hydrogen-bond acceptors (Lipinski definition) is 5. The summed E-state index contributed by atoms with van der Waals surface area (Å²) in [6.45, 7) is 1.93. The number of aliphatic hydroxyl groups excluding tert-OH is 1. The fourth-order valence-electron chi connectivity index (χ4n) is 3.84. The van der Waals surface area contributed by atoms with Crippen LogP contribution in [-0.2, 0) is 9.84 Å². The molecule has 3 atom stereocenters. The molecule has 0 aromatic heterocycles. The number of phenols is 1. The Morgan fingerprint density at radius 3 is 2.64 bits per heavy atom. The molecule has 1 saturated carbocycles. The maximum Gasteiger partial charge on any atom is 0.319 e. The van der Waals surface area contributed by atoms with E-state index in [-0.39, 0.29) is 23.2 Å². The fourth-order valence-corrected chi connectivity index (χ4v) is 6.32. The quantitative estimate of drug-likeness (QED) is 0.433. The van der Waals surface area contributed by atoms with Gasteiger partial charge in [0.2, 0.25) is 0 Å². The lowest BCUT2D eigenvalue weighted by Gasteiger charge is -2.26. The number of hydrogen-bond donors (Lipinski definition) is 4. The average molecular weight is 429 g/mol. The number of aromatic hydroxyl groups is 1. The van der Waals surface area contributed by atoms with Crippen LogP contribution in [0.1, 0.15) is 45.4 Å². The molecular weight excluding hydrogens is 404 g/mol. The predicted molar refractivity (Wildman–Crippen MR) is 107 cm³/mol. The Kier molecular flexibility index (Phi) is 6.21. The number of anilines is 1. The van der Waals surface area contributed by atoms with Gasteiger partial charge in [0.15, 0.2) is 15.6 Å². The van der Waals surface area contributed by atoms with Gasteiger partial charge < -0.3 is 20.8 Å². The molecule has 9 heteroatoms. The third-order valence-corrected chi connectivity index (χ3v) is 8.15. The van der Waals surface area contributed by atoms with Crippen molar-refractivity contribution in [2.45, 2.75) is 67.7 Å². The minimum absolute atomic E-state index is 0.0311. The van der Waals surface area contributed by atoms with Gasteiger partial charge in [-0.1, -0.05) is 23.3 Å². The molecule has 2 aliphatic rings. The Bertz CT molecular complexity index is 900. The summed E-state index contributed by atoms with van der Waals surface area (Å²) in [6, 6.07) is 2.09. The summed E-state index contributed by atoms with van der Waals surface area (Å²) in [5.74, 6) is -0.582. The van der Waals surface area contributed by atoms with Crippen LogP contribution < -0.4 is 10.6 Å². The molecule has 0 heterocycles. The molecule has 0 saturated heterocycles. The van der Waals surface area contributed by atoms with Crippen molar-refractivity contribution in [3.63, 3.8) is 0 Å². The second-order valence-corrected chi connectivity index (χ2v) is 10.0. The highest BCUT2D eigenvalue weighted by atomic mass is 35.5. The number of allylic oxidation sites excluding steroid dienone is 1. The minimum atomic E-state index is -3.97. The van der Waals surface area contributed by atoms with Crippen molar-refractivity contribution in [2.75, 3.05) is 5.32 Å². The van der Waals surface area contributed by atoms with Crippen LogP contribution in [0.15, 0.2) is 28.7 Å². The number of aliphatic hydroxyl groups is 1. The van der Waals surface area contributed by atoms with Crippen LogP contribution in [0.2, 0.25) is 5.02 Å². The summed E-state index contributed by atoms with van der Waals surface area (Å²) < 4.78 is 26.1. The molecule has 2 aliphatic carbocycles. The van der Waals surface area contributed by atoms with E-state index in [0.29, 0.717) is 19.3 Å². The van der Waals surface area contributed by atoms with Gasteiger partial charge in [0.05, 0.1) is 28.1 Å². The number of sulfone groups is 1. The predicted octanol–water partition coefficient (Wildman–Crippen LogP) is 3.35. The van der Waals surface area contributed by atoms with Gasteiger partial charge >= 0.3 is 6.03 Å². The van der Waals surface area contributed by atoms with E-state index in [1.165, 1.54) is 12.1 Å². The number of rotatable bonds is 4. The van der Waals surface area contributed by atoms with Gasteiger partial charge in [0.1, 0.15) is 4.90 Å². The third-order valence-electron chi connectivity index (χ3n) is 5.43. The summed E-state index contributed by atoms with van der Waals surface area (Å²) >= 11 is 6.10. The molecule has 0 radical (unpaired) electrons. The molecule has 0 bridgehead atoms. The summed E-state index contributed by atoms with van der Waals surface area (Å²) in [5, 5.41) is 24.8. The molecule has 7 nitrogen and oxygen atoms in total. The van der Waals surface area contributed by atoms with Crippen LogP contribution in [0, 0.1) is 0 Å². The molecule has 1 aromatic carbocycles. The van der Waals surface area contributed by atoms with E-state index < -0.39 is 37.9 Å². The zero-order valence-corrected chi connectivity index (χ0v) is 17.2. The minimum Gasteiger partial charge on any atom is -0.504 e. The van der Waals surface area contributed by atoms with Gasteiger partial charge in [-0.2, -0.15) is 0 Å². The van der Waals surface area contributed by atoms with Gasteiger partial charge in [0.25, 0.3) is 0 Å². The van der Waals surface area contributed by atoms with Crippen molar-refractivity contribution in [3.8, 4) is 5.75 Å². The molecule has 28 heavy (non-hydrogen) atoms. The standard InChI is InChI=1S/C19H25ClN2O5S/c1-11-4-2-7-15(11)21-19(25)22-16-9-8-14(20)18(17(16)24)28(26,27)13-6-3-5-12(23)10-13/h4,8-9,12-13,15,23-24H,2-3,5-7,10H2,1H3,(H2,21,22,25)/t12-,13-,15-/m1/s1. The first kappa shape index (κ1) is 21.0. The SMILES string of the molecule is CC1=CCC[C@H]1NC(=O)Nc1ccc(Cl)c(S(=O)(=O)[C@@H]2CCC[C@@H](O)C2)c1O. The summed E-state index contributed by atoms with van der Waals surface area (Å²) in [4.78, 5) is 11.9. The van der Waals surface area contributed by atoms with Crippen molar-refractivity contribution in [2.24, 2.45) is 0 Å². The second kappa shape index (κ2) is 8.31. The number of phenolic OH excluding ortho intramolecular Hbond substituents is 1. The largest absolute Gasteiger partial charge is 0.504 e. The van der Waals surface area contributed by atoms with Crippen molar-refractivity contribution in [1.82, 2.24) is 5.32 Å². The van der Waals surface area contributed by atoms with Gasteiger partial charge in [-0.15, -0.1) is 0 Å². The monoisotopic (exact) mass is 428 g/mol. The summed E-state index contributed by atoms with van der Waals surface area (Å²) in [6.07, 6.45) is 4.68. The Morgan fingerprint density at radius 2 is 2.00 bits per heavy atom. The second-order valence-electron chi connectivity index (χ2n) is 7.44. The van der Waals surface area contributed by atoms with E-state index >= 15 is 0 Å². The van der Waals surface area contributed by atoms with Crippen molar-refractivity contribution in [1.29, 1.82) is 0 Å².